The second-order valence-corrected chi connectivity index (χ2v) is 6.60. The van der Waals surface area contributed by atoms with E-state index in [-0.39, 0.29) is 18.2 Å². The van der Waals surface area contributed by atoms with Crippen molar-refractivity contribution < 1.29 is 0 Å². The number of aromatic nitrogens is 4. The summed E-state index contributed by atoms with van der Waals surface area (Å²) in [5.74, 6) is 1.29. The molecule has 1 fully saturated rings. The number of fused-ring (bicyclic) bond motifs is 1. The minimum Gasteiger partial charge on any atom is -0.349 e. The molecule has 0 unspecified atom stereocenters. The van der Waals surface area contributed by atoms with Gasteiger partial charge in [-0.25, -0.2) is 9.78 Å². The van der Waals surface area contributed by atoms with Crippen LogP contribution in [0.2, 0.25) is 0 Å². The molecule has 8 heteroatoms. The van der Waals surface area contributed by atoms with Gasteiger partial charge in [0.1, 0.15) is 17.0 Å². The minimum absolute atomic E-state index is 0.204. The highest BCUT2D eigenvalue weighted by Gasteiger charge is 2.30. The van der Waals surface area contributed by atoms with Crippen molar-refractivity contribution in [1.82, 2.24) is 24.4 Å². The van der Waals surface area contributed by atoms with Crippen LogP contribution < -0.4 is 15.9 Å². The maximum atomic E-state index is 12.5. The molecule has 25 heavy (non-hydrogen) atoms. The predicted octanol–water partition coefficient (Wildman–Crippen LogP) is 0.700. The maximum Gasteiger partial charge on any atom is 0.350 e. The van der Waals surface area contributed by atoms with Gasteiger partial charge in [0.25, 0.3) is 0 Å². The Bertz CT molecular complexity index is 876. The predicted molar refractivity (Wildman–Crippen MR) is 96.6 cm³/mol. The molecular weight excluding hydrogens is 318 g/mol. The van der Waals surface area contributed by atoms with E-state index >= 15 is 0 Å². The molecule has 1 aliphatic heterocycles. The third-order valence-corrected chi connectivity index (χ3v) is 5.15. The number of nitriles is 1. The average Bonchev–Trinajstić information content (AvgIpc) is 2.95. The smallest absolute Gasteiger partial charge is 0.349 e. The molecule has 3 heterocycles. The van der Waals surface area contributed by atoms with Crippen LogP contribution in [-0.4, -0.2) is 44.3 Å². The molecule has 0 bridgehead atoms. The number of aryl methyl sites for hydroxylation is 2. The fourth-order valence-electron chi connectivity index (χ4n) is 3.57. The fourth-order valence-corrected chi connectivity index (χ4v) is 3.57. The lowest BCUT2D eigenvalue weighted by atomic mass is 10.1. The first-order valence-electron chi connectivity index (χ1n) is 8.81. The van der Waals surface area contributed by atoms with E-state index in [1.807, 2.05) is 11.6 Å². The molecule has 134 valence electrons. The van der Waals surface area contributed by atoms with Crippen LogP contribution in [0.5, 0.6) is 0 Å². The highest BCUT2D eigenvalue weighted by molar-refractivity contribution is 5.84. The van der Waals surface area contributed by atoms with Crippen molar-refractivity contribution in [3.63, 3.8) is 0 Å². The van der Waals surface area contributed by atoms with E-state index in [9.17, 15) is 4.79 Å². The second kappa shape index (κ2) is 6.84. The van der Waals surface area contributed by atoms with Crippen molar-refractivity contribution in [3.8, 4) is 6.07 Å². The van der Waals surface area contributed by atoms with Crippen molar-refractivity contribution in [1.29, 1.82) is 5.26 Å². The summed E-state index contributed by atoms with van der Waals surface area (Å²) in [6, 6.07) is 2.78. The van der Waals surface area contributed by atoms with Crippen LogP contribution in [0, 0.1) is 11.3 Å². The monoisotopic (exact) mass is 343 g/mol. The van der Waals surface area contributed by atoms with Crippen molar-refractivity contribution in [3.05, 3.63) is 16.3 Å². The largest absolute Gasteiger partial charge is 0.350 e. The average molecular weight is 343 g/mol. The van der Waals surface area contributed by atoms with Crippen LogP contribution in [0.15, 0.2) is 4.79 Å². The van der Waals surface area contributed by atoms with Gasteiger partial charge in [0.15, 0.2) is 5.82 Å². The number of rotatable bonds is 4. The van der Waals surface area contributed by atoms with E-state index in [0.717, 1.165) is 25.9 Å². The van der Waals surface area contributed by atoms with Crippen molar-refractivity contribution >= 4 is 17.0 Å². The normalized spacial score (nSPS) is 20.8. The third kappa shape index (κ3) is 2.89. The van der Waals surface area contributed by atoms with Gasteiger partial charge in [-0.05, 0) is 12.8 Å². The van der Waals surface area contributed by atoms with Crippen LogP contribution >= 0.6 is 0 Å². The van der Waals surface area contributed by atoms with Crippen LogP contribution in [-0.2, 0) is 20.5 Å². The zero-order valence-corrected chi connectivity index (χ0v) is 15.3. The summed E-state index contributed by atoms with van der Waals surface area (Å²) < 4.78 is 3.33. The Labute approximate surface area is 147 Å². The molecule has 2 aromatic rings. The van der Waals surface area contributed by atoms with Gasteiger partial charge in [0.2, 0.25) is 0 Å². The summed E-state index contributed by atoms with van der Waals surface area (Å²) >= 11 is 0. The van der Waals surface area contributed by atoms with E-state index in [0.29, 0.717) is 28.8 Å². The highest BCUT2D eigenvalue weighted by Crippen LogP contribution is 2.27. The lowest BCUT2D eigenvalue weighted by molar-refractivity contribution is 0.377. The summed E-state index contributed by atoms with van der Waals surface area (Å²) in [5, 5.41) is 12.6. The Morgan fingerprint density at radius 3 is 2.64 bits per heavy atom. The van der Waals surface area contributed by atoms with Crippen molar-refractivity contribution in [2.75, 3.05) is 18.0 Å². The van der Waals surface area contributed by atoms with Gasteiger partial charge in [-0.3, -0.25) is 4.57 Å². The van der Waals surface area contributed by atoms with E-state index in [2.05, 4.69) is 40.1 Å². The molecule has 1 saturated heterocycles. The van der Waals surface area contributed by atoms with Crippen LogP contribution in [0.3, 0.4) is 0 Å². The van der Waals surface area contributed by atoms with E-state index in [4.69, 9.17) is 5.26 Å². The van der Waals surface area contributed by atoms with Crippen molar-refractivity contribution in [2.45, 2.75) is 45.2 Å². The topological polar surface area (TPSA) is 91.8 Å². The molecule has 1 aliphatic rings. The summed E-state index contributed by atoms with van der Waals surface area (Å²) in [7, 11) is 3.54. The molecule has 3 rings (SSSR count). The summed E-state index contributed by atoms with van der Waals surface area (Å²) in [6.45, 7) is 5.96. The van der Waals surface area contributed by atoms with Gasteiger partial charge >= 0.3 is 5.69 Å². The number of hydrogen-bond acceptors (Lipinski definition) is 6. The van der Waals surface area contributed by atoms with E-state index in [1.54, 1.807) is 7.05 Å². The SMILES string of the molecule is CC[C@@H]1CN(c2nc(=O)n(C)c3c2nc(CC#N)n3C)[C@@H](CC)CN1. The molecule has 0 radical (unpaired) electrons. The first kappa shape index (κ1) is 17.4. The van der Waals surface area contributed by atoms with E-state index < -0.39 is 0 Å². The number of nitrogens with zero attached hydrogens (tertiary/aromatic N) is 6. The number of anilines is 1. The van der Waals surface area contributed by atoms with Gasteiger partial charge < -0.3 is 14.8 Å². The number of nitrogens with one attached hydrogen (secondary N) is 1. The van der Waals surface area contributed by atoms with Crippen LogP contribution in [0.25, 0.3) is 11.2 Å². The standard InChI is InChI=1S/C17H25N7O/c1-5-11-10-24(12(6-2)9-19-11)15-14-16(23(4)17(25)21-15)22(3)13(20-14)7-8-18/h11-12,19H,5-7,9-10H2,1-4H3/t11-,12+/m1/s1. The molecule has 0 amide bonds. The lowest BCUT2D eigenvalue weighted by Gasteiger charge is -2.40. The second-order valence-electron chi connectivity index (χ2n) is 6.60. The number of hydrogen-bond donors (Lipinski definition) is 1. The third-order valence-electron chi connectivity index (χ3n) is 5.15. The first-order chi connectivity index (χ1) is 12.0. The summed E-state index contributed by atoms with van der Waals surface area (Å²) in [6.07, 6.45) is 2.18. The quantitative estimate of drug-likeness (QED) is 0.879. The molecule has 2 aromatic heterocycles. The zero-order valence-electron chi connectivity index (χ0n) is 15.3. The Balaban J connectivity index is 2.21. The Morgan fingerprint density at radius 2 is 2.00 bits per heavy atom. The van der Waals surface area contributed by atoms with Gasteiger partial charge in [0.05, 0.1) is 12.5 Å². The minimum atomic E-state index is -0.296. The maximum absolute atomic E-state index is 12.5. The van der Waals surface area contributed by atoms with Gasteiger partial charge in [-0.1, -0.05) is 13.8 Å². The molecule has 0 spiro atoms. The molecule has 2 atom stereocenters. The molecule has 8 nitrogen and oxygen atoms in total. The molecule has 0 aliphatic carbocycles. The summed E-state index contributed by atoms with van der Waals surface area (Å²) in [4.78, 5) is 23.7. The summed E-state index contributed by atoms with van der Waals surface area (Å²) in [5.41, 5.74) is 1.11. The van der Waals surface area contributed by atoms with E-state index in [1.165, 1.54) is 4.57 Å². The highest BCUT2D eigenvalue weighted by atomic mass is 16.1. The van der Waals surface area contributed by atoms with Gasteiger partial charge in [-0.2, -0.15) is 10.2 Å². The Kier molecular flexibility index (Phi) is 4.77. The Morgan fingerprint density at radius 1 is 1.24 bits per heavy atom. The molecule has 0 aromatic carbocycles. The van der Waals surface area contributed by atoms with Crippen molar-refractivity contribution in [2.24, 2.45) is 14.1 Å². The Hall–Kier alpha value is -2.40. The first-order valence-corrected chi connectivity index (χ1v) is 8.81. The number of imidazole rings is 1. The lowest BCUT2D eigenvalue weighted by Crippen LogP contribution is -2.57. The molecular formula is C17H25N7O. The van der Waals surface area contributed by atoms with Crippen LogP contribution in [0.4, 0.5) is 5.82 Å². The number of piperazine rings is 1. The zero-order chi connectivity index (χ0) is 18.1. The molecule has 0 saturated carbocycles. The molecule has 1 N–H and O–H groups in total. The van der Waals surface area contributed by atoms with Gasteiger partial charge in [0, 0.05) is 39.3 Å². The van der Waals surface area contributed by atoms with Crippen LogP contribution in [0.1, 0.15) is 32.5 Å². The fraction of sp³-hybridized carbons (Fsp3) is 0.647. The van der Waals surface area contributed by atoms with Gasteiger partial charge in [-0.15, -0.1) is 0 Å².